The van der Waals surface area contributed by atoms with Crippen LogP contribution in [0, 0.1) is 0 Å². The van der Waals surface area contributed by atoms with Gasteiger partial charge in [0.1, 0.15) is 5.75 Å². The second kappa shape index (κ2) is 4.88. The van der Waals surface area contributed by atoms with Crippen molar-refractivity contribution in [3.05, 3.63) is 29.6 Å². The minimum absolute atomic E-state index is 0.0130. The van der Waals surface area contributed by atoms with E-state index in [-0.39, 0.29) is 6.04 Å². The van der Waals surface area contributed by atoms with E-state index >= 15 is 0 Å². The topological polar surface area (TPSA) is 69.4 Å². The first-order valence-corrected chi connectivity index (χ1v) is 6.81. The lowest BCUT2D eigenvalue weighted by Crippen LogP contribution is -2.35. The van der Waals surface area contributed by atoms with Gasteiger partial charge in [-0.3, -0.25) is 0 Å². The Bertz CT molecular complexity index is 620. The van der Waals surface area contributed by atoms with Crippen LogP contribution in [0.5, 0.6) is 5.75 Å². The van der Waals surface area contributed by atoms with Gasteiger partial charge in [0.05, 0.1) is 25.9 Å². The predicted octanol–water partition coefficient (Wildman–Crippen LogP) is 1.33. The van der Waals surface area contributed by atoms with E-state index < -0.39 is 0 Å². The molecule has 6 nitrogen and oxygen atoms in total. The molecule has 0 amide bonds. The highest BCUT2D eigenvalue weighted by molar-refractivity contribution is 5.58. The molecular formula is C14H15N3O3. The lowest BCUT2D eigenvalue weighted by molar-refractivity contribution is 0.0734. The molecule has 0 radical (unpaired) electrons. The van der Waals surface area contributed by atoms with E-state index in [1.165, 1.54) is 5.56 Å². The van der Waals surface area contributed by atoms with Crippen molar-refractivity contribution < 1.29 is 14.0 Å². The molecule has 1 saturated heterocycles. The number of morpholine rings is 1. The average molecular weight is 273 g/mol. The van der Waals surface area contributed by atoms with Crippen molar-refractivity contribution in [1.82, 2.24) is 15.5 Å². The van der Waals surface area contributed by atoms with Gasteiger partial charge in [-0.1, -0.05) is 5.16 Å². The molecule has 6 heteroatoms. The Labute approximate surface area is 116 Å². The Morgan fingerprint density at radius 2 is 2.25 bits per heavy atom. The standard InChI is InChI=1S/C14H15N3O3/c1-2-12-9(3-5-19-12)7-10(1)14-16-13(17-20-14)11-8-18-6-4-15-11/h1-2,7,11,15H,3-6,8H2. The molecule has 20 heavy (non-hydrogen) atoms. The number of fused-ring (bicyclic) bond motifs is 1. The molecule has 1 atom stereocenters. The third-order valence-corrected chi connectivity index (χ3v) is 3.61. The molecule has 0 bridgehead atoms. The molecule has 2 aliphatic rings. The zero-order chi connectivity index (χ0) is 13.4. The number of nitrogens with zero attached hydrogens (tertiary/aromatic N) is 2. The van der Waals surface area contributed by atoms with Gasteiger partial charge in [-0.25, -0.2) is 0 Å². The molecule has 2 aromatic rings. The number of aromatic nitrogens is 2. The molecule has 0 spiro atoms. The van der Waals surface area contributed by atoms with Crippen LogP contribution in [0.3, 0.4) is 0 Å². The normalized spacial score (nSPS) is 21.5. The summed E-state index contributed by atoms with van der Waals surface area (Å²) in [7, 11) is 0. The molecule has 0 aliphatic carbocycles. The highest BCUT2D eigenvalue weighted by atomic mass is 16.5. The number of rotatable bonds is 2. The summed E-state index contributed by atoms with van der Waals surface area (Å²) in [6, 6.07) is 5.99. The highest BCUT2D eigenvalue weighted by Crippen LogP contribution is 2.30. The second-order valence-corrected chi connectivity index (χ2v) is 4.96. The van der Waals surface area contributed by atoms with E-state index in [9.17, 15) is 0 Å². The van der Waals surface area contributed by atoms with Crippen LogP contribution >= 0.6 is 0 Å². The molecule has 3 heterocycles. The lowest BCUT2D eigenvalue weighted by Gasteiger charge is -2.20. The molecule has 1 unspecified atom stereocenters. The third-order valence-electron chi connectivity index (χ3n) is 3.61. The predicted molar refractivity (Wildman–Crippen MR) is 70.5 cm³/mol. The van der Waals surface area contributed by atoms with Crippen LogP contribution in [-0.2, 0) is 11.2 Å². The van der Waals surface area contributed by atoms with Crippen molar-refractivity contribution in [2.45, 2.75) is 12.5 Å². The number of ether oxygens (including phenoxy) is 2. The fraction of sp³-hybridized carbons (Fsp3) is 0.429. The Hall–Kier alpha value is -1.92. The molecule has 1 N–H and O–H groups in total. The number of hydrogen-bond acceptors (Lipinski definition) is 6. The van der Waals surface area contributed by atoms with Crippen molar-refractivity contribution in [2.24, 2.45) is 0 Å². The summed E-state index contributed by atoms with van der Waals surface area (Å²) in [5.41, 5.74) is 2.13. The lowest BCUT2D eigenvalue weighted by atomic mass is 10.1. The van der Waals surface area contributed by atoms with Gasteiger partial charge in [-0.05, 0) is 23.8 Å². The highest BCUT2D eigenvalue weighted by Gasteiger charge is 2.22. The molecule has 1 aromatic carbocycles. The van der Waals surface area contributed by atoms with E-state index in [4.69, 9.17) is 14.0 Å². The quantitative estimate of drug-likeness (QED) is 0.890. The molecule has 4 rings (SSSR count). The number of nitrogens with one attached hydrogen (secondary N) is 1. The Morgan fingerprint density at radius 1 is 1.25 bits per heavy atom. The SMILES string of the molecule is c1cc2c(cc1-c1nc(C3COCCN3)no1)CCO2. The van der Waals surface area contributed by atoms with Crippen LogP contribution in [-0.4, -0.2) is 36.5 Å². The maximum atomic E-state index is 5.50. The molecular weight excluding hydrogens is 258 g/mol. The molecule has 1 fully saturated rings. The monoisotopic (exact) mass is 273 g/mol. The zero-order valence-electron chi connectivity index (χ0n) is 11.0. The van der Waals surface area contributed by atoms with E-state index in [0.29, 0.717) is 18.3 Å². The molecule has 1 aromatic heterocycles. The summed E-state index contributed by atoms with van der Waals surface area (Å²) in [5, 5.41) is 7.36. The van der Waals surface area contributed by atoms with E-state index in [0.717, 1.165) is 37.5 Å². The van der Waals surface area contributed by atoms with Crippen molar-refractivity contribution in [3.63, 3.8) is 0 Å². The molecule has 0 saturated carbocycles. The molecule has 104 valence electrons. The van der Waals surface area contributed by atoms with Gasteiger partial charge in [0, 0.05) is 18.5 Å². The van der Waals surface area contributed by atoms with Gasteiger partial charge < -0.3 is 19.3 Å². The maximum Gasteiger partial charge on any atom is 0.257 e. The van der Waals surface area contributed by atoms with Crippen LogP contribution in [0.15, 0.2) is 22.7 Å². The van der Waals surface area contributed by atoms with Crippen molar-refractivity contribution >= 4 is 0 Å². The average Bonchev–Trinajstić information content (AvgIpc) is 3.16. The summed E-state index contributed by atoms with van der Waals surface area (Å²) in [4.78, 5) is 4.47. The molecule has 2 aliphatic heterocycles. The summed E-state index contributed by atoms with van der Waals surface area (Å²) in [6.07, 6.45) is 0.933. The Balaban J connectivity index is 1.61. The van der Waals surface area contributed by atoms with Gasteiger partial charge in [-0.15, -0.1) is 0 Å². The van der Waals surface area contributed by atoms with E-state index in [1.54, 1.807) is 0 Å². The maximum absolute atomic E-state index is 5.50. The van der Waals surface area contributed by atoms with Crippen LogP contribution < -0.4 is 10.1 Å². The second-order valence-electron chi connectivity index (χ2n) is 4.96. The Morgan fingerprint density at radius 3 is 3.15 bits per heavy atom. The first-order valence-electron chi connectivity index (χ1n) is 6.81. The summed E-state index contributed by atoms with van der Waals surface area (Å²) in [5.74, 6) is 2.15. The largest absolute Gasteiger partial charge is 0.493 e. The van der Waals surface area contributed by atoms with Crippen LogP contribution in [0.1, 0.15) is 17.4 Å². The van der Waals surface area contributed by atoms with Crippen LogP contribution in [0.4, 0.5) is 0 Å². The fourth-order valence-corrected chi connectivity index (χ4v) is 2.54. The minimum Gasteiger partial charge on any atom is -0.493 e. The van der Waals surface area contributed by atoms with Crippen LogP contribution in [0.2, 0.25) is 0 Å². The number of hydrogen-bond donors (Lipinski definition) is 1. The van der Waals surface area contributed by atoms with Gasteiger partial charge in [-0.2, -0.15) is 4.98 Å². The van der Waals surface area contributed by atoms with Crippen molar-refractivity contribution in [1.29, 1.82) is 0 Å². The smallest absolute Gasteiger partial charge is 0.257 e. The van der Waals surface area contributed by atoms with Crippen molar-refractivity contribution in [3.8, 4) is 17.2 Å². The zero-order valence-corrected chi connectivity index (χ0v) is 11.0. The fourth-order valence-electron chi connectivity index (χ4n) is 2.54. The summed E-state index contributed by atoms with van der Waals surface area (Å²) >= 11 is 0. The van der Waals surface area contributed by atoms with E-state index in [2.05, 4.69) is 21.5 Å². The van der Waals surface area contributed by atoms with Gasteiger partial charge in [0.2, 0.25) is 0 Å². The summed E-state index contributed by atoms with van der Waals surface area (Å²) < 4.78 is 16.3. The van der Waals surface area contributed by atoms with Crippen LogP contribution in [0.25, 0.3) is 11.5 Å². The first kappa shape index (κ1) is 11.9. The first-order chi connectivity index (χ1) is 9.90. The summed E-state index contributed by atoms with van der Waals surface area (Å²) in [6.45, 7) is 2.87. The van der Waals surface area contributed by atoms with Gasteiger partial charge >= 0.3 is 0 Å². The van der Waals surface area contributed by atoms with E-state index in [1.807, 2.05) is 12.1 Å². The number of benzene rings is 1. The van der Waals surface area contributed by atoms with Crippen molar-refractivity contribution in [2.75, 3.05) is 26.4 Å². The minimum atomic E-state index is 0.0130. The third kappa shape index (κ3) is 2.07. The van der Waals surface area contributed by atoms with Gasteiger partial charge in [0.15, 0.2) is 5.82 Å². The Kier molecular flexibility index (Phi) is 2.90. The van der Waals surface area contributed by atoms with Gasteiger partial charge in [0.25, 0.3) is 5.89 Å².